The molecule has 0 radical (unpaired) electrons. The van der Waals surface area contributed by atoms with E-state index >= 15 is 0 Å². The number of carbonyl (C=O) groups excluding carboxylic acids is 2. The highest BCUT2D eigenvalue weighted by Gasteiger charge is 2.38. The van der Waals surface area contributed by atoms with Gasteiger partial charge in [-0.25, -0.2) is 0 Å². The number of hydrogen-bond acceptors (Lipinski definition) is 3. The number of benzene rings is 1. The van der Waals surface area contributed by atoms with Gasteiger partial charge in [0, 0.05) is 38.3 Å². The average Bonchev–Trinajstić information content (AvgIpc) is 3.03. The maximum atomic E-state index is 12.9. The summed E-state index contributed by atoms with van der Waals surface area (Å²) in [7, 11) is 0. The van der Waals surface area contributed by atoms with E-state index in [2.05, 4.69) is 19.1 Å². The number of rotatable bonds is 5. The summed E-state index contributed by atoms with van der Waals surface area (Å²) in [6.45, 7) is 6.69. The van der Waals surface area contributed by atoms with Gasteiger partial charge in [-0.05, 0) is 43.9 Å². The number of aryl methyl sites for hydroxylation is 1. The summed E-state index contributed by atoms with van der Waals surface area (Å²) in [6.07, 6.45) is 3.41. The second-order valence-corrected chi connectivity index (χ2v) is 6.93. The van der Waals surface area contributed by atoms with Crippen LogP contribution in [0.2, 0.25) is 0 Å². The third-order valence-corrected chi connectivity index (χ3v) is 5.22. The van der Waals surface area contributed by atoms with Crippen LogP contribution in [0.1, 0.15) is 38.7 Å². The first-order chi connectivity index (χ1) is 12.1. The van der Waals surface area contributed by atoms with Gasteiger partial charge in [0.15, 0.2) is 0 Å². The van der Waals surface area contributed by atoms with Crippen molar-refractivity contribution in [1.82, 2.24) is 4.90 Å². The highest BCUT2D eigenvalue weighted by Crippen LogP contribution is 2.27. The highest BCUT2D eigenvalue weighted by atomic mass is 16.5. The van der Waals surface area contributed by atoms with Gasteiger partial charge in [0.2, 0.25) is 11.8 Å². The first-order valence-electron chi connectivity index (χ1n) is 9.42. The Kier molecular flexibility index (Phi) is 5.74. The fraction of sp³-hybridized carbons (Fsp3) is 0.600. The van der Waals surface area contributed by atoms with Crippen molar-refractivity contribution in [3.63, 3.8) is 0 Å². The summed E-state index contributed by atoms with van der Waals surface area (Å²) in [4.78, 5) is 28.9. The highest BCUT2D eigenvalue weighted by molar-refractivity contribution is 6.00. The second-order valence-electron chi connectivity index (χ2n) is 6.93. The molecule has 2 unspecified atom stereocenters. The lowest BCUT2D eigenvalue weighted by Gasteiger charge is -2.34. The van der Waals surface area contributed by atoms with Crippen LogP contribution in [-0.2, 0) is 20.7 Å². The van der Waals surface area contributed by atoms with Crippen LogP contribution >= 0.6 is 0 Å². The predicted octanol–water partition coefficient (Wildman–Crippen LogP) is 2.63. The van der Waals surface area contributed by atoms with E-state index in [9.17, 15) is 9.59 Å². The fourth-order valence-electron chi connectivity index (χ4n) is 3.80. The molecule has 1 aromatic carbocycles. The first-order valence-corrected chi connectivity index (χ1v) is 9.42. The molecule has 5 nitrogen and oxygen atoms in total. The zero-order valence-electron chi connectivity index (χ0n) is 15.2. The van der Waals surface area contributed by atoms with Gasteiger partial charge < -0.3 is 14.5 Å². The van der Waals surface area contributed by atoms with E-state index in [-0.39, 0.29) is 23.8 Å². The van der Waals surface area contributed by atoms with Gasteiger partial charge in [-0.1, -0.05) is 19.1 Å². The molecule has 1 aromatic rings. The minimum Gasteiger partial charge on any atom is -0.377 e. The molecule has 2 heterocycles. The van der Waals surface area contributed by atoms with Crippen molar-refractivity contribution in [3.8, 4) is 0 Å². The maximum Gasteiger partial charge on any atom is 0.228 e. The van der Waals surface area contributed by atoms with E-state index in [1.54, 1.807) is 4.90 Å². The molecular formula is C20H28N2O3. The van der Waals surface area contributed by atoms with Gasteiger partial charge in [0.1, 0.15) is 0 Å². The van der Waals surface area contributed by atoms with Gasteiger partial charge >= 0.3 is 0 Å². The van der Waals surface area contributed by atoms with Crippen LogP contribution in [0, 0.1) is 5.92 Å². The van der Waals surface area contributed by atoms with Crippen molar-refractivity contribution in [2.24, 2.45) is 5.92 Å². The predicted molar refractivity (Wildman–Crippen MR) is 97.5 cm³/mol. The van der Waals surface area contributed by atoms with Gasteiger partial charge in [-0.15, -0.1) is 0 Å². The van der Waals surface area contributed by atoms with Crippen LogP contribution < -0.4 is 4.90 Å². The molecule has 3 rings (SSSR count). The number of amides is 2. The number of nitrogens with zero attached hydrogens (tertiary/aromatic N) is 2. The molecule has 0 spiro atoms. The zero-order valence-corrected chi connectivity index (χ0v) is 15.2. The number of anilines is 1. The van der Waals surface area contributed by atoms with Gasteiger partial charge in [0.05, 0.1) is 12.0 Å². The number of carbonyl (C=O) groups is 2. The van der Waals surface area contributed by atoms with Crippen LogP contribution in [-0.4, -0.2) is 49.1 Å². The van der Waals surface area contributed by atoms with Crippen molar-refractivity contribution in [2.75, 3.05) is 31.1 Å². The SMILES string of the molecule is CCOC1CCCN(C(=O)C2CC(=O)N(c3ccc(CC)cc3)C2)C1. The molecule has 2 saturated heterocycles. The zero-order chi connectivity index (χ0) is 17.8. The summed E-state index contributed by atoms with van der Waals surface area (Å²) in [5.41, 5.74) is 2.14. The largest absolute Gasteiger partial charge is 0.377 e. The summed E-state index contributed by atoms with van der Waals surface area (Å²) in [5.74, 6) is -0.0925. The monoisotopic (exact) mass is 344 g/mol. The Morgan fingerprint density at radius 2 is 1.96 bits per heavy atom. The lowest BCUT2D eigenvalue weighted by Crippen LogP contribution is -2.46. The van der Waals surface area contributed by atoms with Crippen molar-refractivity contribution >= 4 is 17.5 Å². The van der Waals surface area contributed by atoms with Gasteiger partial charge in [0.25, 0.3) is 0 Å². The fourth-order valence-corrected chi connectivity index (χ4v) is 3.80. The molecule has 2 aliphatic heterocycles. The molecule has 0 aromatic heterocycles. The molecule has 0 saturated carbocycles. The smallest absolute Gasteiger partial charge is 0.228 e. The summed E-state index contributed by atoms with van der Waals surface area (Å²) < 4.78 is 5.69. The molecule has 2 atom stereocenters. The Balaban J connectivity index is 1.64. The molecule has 0 aliphatic carbocycles. The quantitative estimate of drug-likeness (QED) is 0.825. The molecule has 0 N–H and O–H groups in total. The maximum absolute atomic E-state index is 12.9. The summed E-state index contributed by atoms with van der Waals surface area (Å²) >= 11 is 0. The number of likely N-dealkylation sites (tertiary alicyclic amines) is 1. The lowest BCUT2D eigenvalue weighted by atomic mass is 10.0. The Morgan fingerprint density at radius 3 is 2.64 bits per heavy atom. The topological polar surface area (TPSA) is 49.9 Å². The Morgan fingerprint density at radius 1 is 1.20 bits per heavy atom. The number of ether oxygens (including phenoxy) is 1. The van der Waals surface area contributed by atoms with E-state index in [0.717, 1.165) is 31.5 Å². The molecular weight excluding hydrogens is 316 g/mol. The number of hydrogen-bond donors (Lipinski definition) is 0. The average molecular weight is 344 g/mol. The van der Waals surface area contributed by atoms with Crippen molar-refractivity contribution < 1.29 is 14.3 Å². The van der Waals surface area contributed by atoms with Crippen LogP contribution in [0.5, 0.6) is 0 Å². The van der Waals surface area contributed by atoms with E-state index in [1.165, 1.54) is 5.56 Å². The molecule has 25 heavy (non-hydrogen) atoms. The van der Waals surface area contributed by atoms with E-state index < -0.39 is 0 Å². The molecule has 136 valence electrons. The van der Waals surface area contributed by atoms with Crippen LogP contribution in [0.15, 0.2) is 24.3 Å². The van der Waals surface area contributed by atoms with E-state index in [4.69, 9.17) is 4.74 Å². The lowest BCUT2D eigenvalue weighted by molar-refractivity contribution is -0.139. The summed E-state index contributed by atoms with van der Waals surface area (Å²) in [5, 5.41) is 0. The Hall–Kier alpha value is -1.88. The van der Waals surface area contributed by atoms with Gasteiger partial charge in [-0.3, -0.25) is 9.59 Å². The van der Waals surface area contributed by atoms with Crippen molar-refractivity contribution in [2.45, 2.75) is 45.6 Å². The molecule has 2 fully saturated rings. The Labute approximate surface area is 149 Å². The third-order valence-electron chi connectivity index (χ3n) is 5.22. The van der Waals surface area contributed by atoms with Gasteiger partial charge in [-0.2, -0.15) is 0 Å². The minimum atomic E-state index is -0.237. The second kappa shape index (κ2) is 8.00. The van der Waals surface area contributed by atoms with Crippen molar-refractivity contribution in [3.05, 3.63) is 29.8 Å². The van der Waals surface area contributed by atoms with Crippen LogP contribution in [0.3, 0.4) is 0 Å². The van der Waals surface area contributed by atoms with Crippen molar-refractivity contribution in [1.29, 1.82) is 0 Å². The van der Waals surface area contributed by atoms with E-state index in [1.807, 2.05) is 24.0 Å². The minimum absolute atomic E-state index is 0.0426. The molecule has 2 amide bonds. The Bertz CT molecular complexity index is 612. The summed E-state index contributed by atoms with van der Waals surface area (Å²) in [6, 6.07) is 8.06. The molecule has 0 bridgehead atoms. The first kappa shape index (κ1) is 17.9. The normalized spacial score (nSPS) is 24.0. The standard InChI is InChI=1S/C20H28N2O3/c1-3-15-7-9-17(10-8-15)22-13-16(12-19(22)23)20(24)21-11-5-6-18(14-21)25-4-2/h7-10,16,18H,3-6,11-14H2,1-2H3. The van der Waals surface area contributed by atoms with E-state index in [0.29, 0.717) is 26.1 Å². The third kappa shape index (κ3) is 4.03. The van der Waals surface area contributed by atoms with Crippen LogP contribution in [0.25, 0.3) is 0 Å². The molecule has 2 aliphatic rings. The van der Waals surface area contributed by atoms with Crippen LogP contribution in [0.4, 0.5) is 5.69 Å². The number of piperidine rings is 1. The molecule has 5 heteroatoms.